The lowest BCUT2D eigenvalue weighted by molar-refractivity contribution is 0.0954. The van der Waals surface area contributed by atoms with Gasteiger partial charge in [-0.3, -0.25) is 4.79 Å². The van der Waals surface area contributed by atoms with Crippen LogP contribution in [0.2, 0.25) is 0 Å². The second-order valence-corrected chi connectivity index (χ2v) is 6.79. The predicted molar refractivity (Wildman–Crippen MR) is 81.2 cm³/mol. The normalized spacial score (nSPS) is 22.2. The molecule has 1 aromatic heterocycles. The molecule has 2 nitrogen and oxygen atoms in total. The predicted octanol–water partition coefficient (Wildman–Crippen LogP) is 3.65. The topological polar surface area (TPSA) is 29.1 Å². The third-order valence-electron chi connectivity index (χ3n) is 4.62. The second kappa shape index (κ2) is 4.45. The molecule has 1 amide bonds. The van der Waals surface area contributed by atoms with E-state index in [0.717, 1.165) is 23.1 Å². The molecule has 1 fully saturated rings. The van der Waals surface area contributed by atoms with Crippen molar-refractivity contribution in [2.45, 2.75) is 32.2 Å². The van der Waals surface area contributed by atoms with Crippen molar-refractivity contribution < 1.29 is 4.79 Å². The van der Waals surface area contributed by atoms with Crippen LogP contribution in [0.25, 0.3) is 0 Å². The van der Waals surface area contributed by atoms with Gasteiger partial charge in [-0.05, 0) is 59.2 Å². The van der Waals surface area contributed by atoms with Crippen molar-refractivity contribution in [3.05, 3.63) is 56.8 Å². The number of carbonyl (C=O) groups is 1. The van der Waals surface area contributed by atoms with E-state index in [1.54, 1.807) is 11.3 Å². The Morgan fingerprint density at radius 3 is 3.10 bits per heavy atom. The van der Waals surface area contributed by atoms with Crippen molar-refractivity contribution >= 4 is 17.2 Å². The van der Waals surface area contributed by atoms with Crippen molar-refractivity contribution in [1.82, 2.24) is 5.32 Å². The highest BCUT2D eigenvalue weighted by molar-refractivity contribution is 7.12. The van der Waals surface area contributed by atoms with Gasteiger partial charge in [-0.2, -0.15) is 0 Å². The molecule has 2 aromatic rings. The van der Waals surface area contributed by atoms with Gasteiger partial charge in [-0.25, -0.2) is 0 Å². The number of carbonyl (C=O) groups excluding carboxylic acids is 1. The zero-order chi connectivity index (χ0) is 13.7. The summed E-state index contributed by atoms with van der Waals surface area (Å²) in [6, 6.07) is 8.20. The average molecular weight is 283 g/mol. The molecule has 20 heavy (non-hydrogen) atoms. The highest BCUT2D eigenvalue weighted by atomic mass is 32.1. The molecule has 0 radical (unpaired) electrons. The number of hydrogen-bond acceptors (Lipinski definition) is 2. The van der Waals surface area contributed by atoms with E-state index in [0.29, 0.717) is 6.54 Å². The van der Waals surface area contributed by atoms with Crippen LogP contribution in [0, 0.1) is 12.8 Å². The summed E-state index contributed by atoms with van der Waals surface area (Å²) in [6.45, 7) is 2.70. The summed E-state index contributed by atoms with van der Waals surface area (Å²) in [5.41, 5.74) is 5.21. The molecule has 2 aliphatic carbocycles. The lowest BCUT2D eigenvalue weighted by atomic mass is 10.1. The van der Waals surface area contributed by atoms with Gasteiger partial charge in [-0.15, -0.1) is 11.3 Å². The van der Waals surface area contributed by atoms with Crippen LogP contribution >= 0.6 is 11.3 Å². The SMILES string of the molecule is Cc1ccccc1CNC(=O)c1scc2c1CC1CC21. The van der Waals surface area contributed by atoms with E-state index in [4.69, 9.17) is 0 Å². The molecule has 3 heteroatoms. The van der Waals surface area contributed by atoms with Crippen molar-refractivity contribution in [2.24, 2.45) is 5.92 Å². The molecule has 0 spiro atoms. The number of nitrogens with one attached hydrogen (secondary N) is 1. The third kappa shape index (κ3) is 1.88. The Hall–Kier alpha value is -1.61. The van der Waals surface area contributed by atoms with E-state index in [1.165, 1.54) is 28.7 Å². The Balaban J connectivity index is 1.49. The van der Waals surface area contributed by atoms with Crippen molar-refractivity contribution in [1.29, 1.82) is 0 Å². The van der Waals surface area contributed by atoms with Gasteiger partial charge in [0.25, 0.3) is 5.91 Å². The van der Waals surface area contributed by atoms with Gasteiger partial charge in [0.05, 0.1) is 4.88 Å². The molecule has 0 saturated heterocycles. The Morgan fingerprint density at radius 2 is 2.25 bits per heavy atom. The van der Waals surface area contributed by atoms with Crippen LogP contribution in [-0.2, 0) is 13.0 Å². The Labute approximate surface area is 122 Å². The molecule has 0 aliphatic heterocycles. The first kappa shape index (κ1) is 12.2. The summed E-state index contributed by atoms with van der Waals surface area (Å²) in [4.78, 5) is 13.3. The molecule has 2 unspecified atom stereocenters. The minimum absolute atomic E-state index is 0.0980. The number of fused-ring (bicyclic) bond motifs is 3. The Morgan fingerprint density at radius 1 is 1.40 bits per heavy atom. The van der Waals surface area contributed by atoms with Crippen LogP contribution in [0.4, 0.5) is 0 Å². The zero-order valence-electron chi connectivity index (χ0n) is 11.5. The molecule has 4 rings (SSSR count). The fourth-order valence-corrected chi connectivity index (χ4v) is 4.37. The van der Waals surface area contributed by atoms with Crippen LogP contribution in [0.5, 0.6) is 0 Å². The van der Waals surface area contributed by atoms with Gasteiger partial charge in [0, 0.05) is 6.54 Å². The van der Waals surface area contributed by atoms with Gasteiger partial charge in [0.2, 0.25) is 0 Å². The molecule has 102 valence electrons. The maximum absolute atomic E-state index is 12.4. The van der Waals surface area contributed by atoms with E-state index < -0.39 is 0 Å². The van der Waals surface area contributed by atoms with E-state index >= 15 is 0 Å². The number of hydrogen-bond donors (Lipinski definition) is 1. The summed E-state index contributed by atoms with van der Waals surface area (Å²) < 4.78 is 0. The number of aryl methyl sites for hydroxylation is 1. The molecule has 1 saturated carbocycles. The molecule has 1 heterocycles. The lowest BCUT2D eigenvalue weighted by Crippen LogP contribution is -2.23. The van der Waals surface area contributed by atoms with E-state index in [2.05, 4.69) is 29.8 Å². The Kier molecular flexibility index (Phi) is 2.71. The van der Waals surface area contributed by atoms with Crippen molar-refractivity contribution in [3.63, 3.8) is 0 Å². The largest absolute Gasteiger partial charge is 0.347 e. The van der Waals surface area contributed by atoms with Crippen LogP contribution in [0.3, 0.4) is 0 Å². The van der Waals surface area contributed by atoms with Crippen LogP contribution in [0.1, 0.15) is 44.3 Å². The summed E-state index contributed by atoms with van der Waals surface area (Å²) in [6.07, 6.45) is 2.46. The molecular formula is C17H17NOS. The summed E-state index contributed by atoms with van der Waals surface area (Å²) in [7, 11) is 0. The smallest absolute Gasteiger partial charge is 0.261 e. The quantitative estimate of drug-likeness (QED) is 0.915. The van der Waals surface area contributed by atoms with Crippen LogP contribution in [-0.4, -0.2) is 5.91 Å². The van der Waals surface area contributed by atoms with Gasteiger partial charge in [0.15, 0.2) is 0 Å². The first-order chi connectivity index (χ1) is 9.74. The minimum atomic E-state index is 0.0980. The number of thiophene rings is 1. The zero-order valence-corrected chi connectivity index (χ0v) is 12.3. The van der Waals surface area contributed by atoms with Gasteiger partial charge >= 0.3 is 0 Å². The van der Waals surface area contributed by atoms with E-state index in [-0.39, 0.29) is 5.91 Å². The Bertz CT molecular complexity index is 688. The highest BCUT2D eigenvalue weighted by Gasteiger charge is 2.47. The fourth-order valence-electron chi connectivity index (χ4n) is 3.29. The van der Waals surface area contributed by atoms with Crippen molar-refractivity contribution in [2.75, 3.05) is 0 Å². The number of amides is 1. The van der Waals surface area contributed by atoms with Gasteiger partial charge < -0.3 is 5.32 Å². The maximum atomic E-state index is 12.4. The first-order valence-corrected chi connectivity index (χ1v) is 8.05. The molecular weight excluding hydrogens is 266 g/mol. The minimum Gasteiger partial charge on any atom is -0.347 e. The fraction of sp³-hybridized carbons (Fsp3) is 0.353. The lowest BCUT2D eigenvalue weighted by Gasteiger charge is -2.08. The molecule has 2 atom stereocenters. The number of benzene rings is 1. The number of rotatable bonds is 3. The molecule has 1 N–H and O–H groups in total. The summed E-state index contributed by atoms with van der Waals surface area (Å²) in [5, 5.41) is 5.28. The summed E-state index contributed by atoms with van der Waals surface area (Å²) in [5.74, 6) is 1.72. The standard InChI is InChI=1S/C17H17NOS/c1-10-4-2-3-5-11(10)8-18-17(19)16-14-7-12-6-13(12)15(14)9-20-16/h2-5,9,12-13H,6-8H2,1H3,(H,18,19). The van der Waals surface area contributed by atoms with Crippen LogP contribution in [0.15, 0.2) is 29.6 Å². The van der Waals surface area contributed by atoms with Crippen LogP contribution < -0.4 is 5.32 Å². The third-order valence-corrected chi connectivity index (χ3v) is 5.66. The van der Waals surface area contributed by atoms with Crippen molar-refractivity contribution in [3.8, 4) is 0 Å². The highest BCUT2D eigenvalue weighted by Crippen LogP contribution is 2.58. The second-order valence-electron chi connectivity index (χ2n) is 5.91. The monoisotopic (exact) mass is 283 g/mol. The molecule has 0 bridgehead atoms. The maximum Gasteiger partial charge on any atom is 0.261 e. The van der Waals surface area contributed by atoms with E-state index in [9.17, 15) is 4.79 Å². The van der Waals surface area contributed by atoms with Gasteiger partial charge in [0.1, 0.15) is 0 Å². The molecule has 2 aliphatic rings. The average Bonchev–Trinajstić information content (AvgIpc) is 2.93. The van der Waals surface area contributed by atoms with E-state index in [1.807, 2.05) is 12.1 Å². The first-order valence-electron chi connectivity index (χ1n) is 7.17. The molecule has 1 aromatic carbocycles. The van der Waals surface area contributed by atoms with Gasteiger partial charge in [-0.1, -0.05) is 24.3 Å². The summed E-state index contributed by atoms with van der Waals surface area (Å²) >= 11 is 1.62.